The minimum absolute atomic E-state index is 0.134. The van der Waals surface area contributed by atoms with Crippen molar-refractivity contribution >= 4 is 5.91 Å². The number of aliphatic hydroxyl groups is 1. The molecule has 1 atom stereocenters. The highest BCUT2D eigenvalue weighted by Gasteiger charge is 2.07. The molecule has 0 saturated carbocycles. The van der Waals surface area contributed by atoms with Gasteiger partial charge in [0.2, 0.25) is 5.91 Å². The molecule has 21 heavy (non-hydrogen) atoms. The summed E-state index contributed by atoms with van der Waals surface area (Å²) in [6.45, 7) is 0.310. The maximum Gasteiger partial charge on any atom is 0.224 e. The van der Waals surface area contributed by atoms with Crippen LogP contribution in [0.1, 0.15) is 5.56 Å². The molecule has 0 radical (unpaired) electrons. The third-order valence-corrected chi connectivity index (χ3v) is 3.06. The summed E-state index contributed by atoms with van der Waals surface area (Å²) >= 11 is 0. The van der Waals surface area contributed by atoms with Crippen molar-refractivity contribution in [3.8, 4) is 11.3 Å². The van der Waals surface area contributed by atoms with Crippen molar-refractivity contribution in [3.63, 3.8) is 0 Å². The molecule has 1 amide bonds. The molecule has 1 unspecified atom stereocenters. The topological polar surface area (TPSA) is 88.2 Å². The van der Waals surface area contributed by atoms with Gasteiger partial charge in [-0.05, 0) is 23.8 Å². The summed E-state index contributed by atoms with van der Waals surface area (Å²) < 4.78 is 0. The average Bonchev–Trinajstić information content (AvgIpc) is 2.53. The molecule has 5 nitrogen and oxygen atoms in total. The van der Waals surface area contributed by atoms with Crippen LogP contribution in [0.3, 0.4) is 0 Å². The molecule has 0 aliphatic heterocycles. The number of benzene rings is 1. The Morgan fingerprint density at radius 3 is 2.86 bits per heavy atom. The van der Waals surface area contributed by atoms with Crippen molar-refractivity contribution in [1.29, 1.82) is 0 Å². The van der Waals surface area contributed by atoms with E-state index in [0.29, 0.717) is 0 Å². The van der Waals surface area contributed by atoms with Crippen molar-refractivity contribution in [3.05, 3.63) is 54.2 Å². The third kappa shape index (κ3) is 4.66. The fraction of sp³-hybridized carbons (Fsp3) is 0.250. The zero-order valence-electron chi connectivity index (χ0n) is 11.7. The first-order valence-electron chi connectivity index (χ1n) is 6.84. The van der Waals surface area contributed by atoms with Crippen molar-refractivity contribution < 1.29 is 9.90 Å². The lowest BCUT2D eigenvalue weighted by Gasteiger charge is -2.10. The van der Waals surface area contributed by atoms with Crippen LogP contribution in [0.25, 0.3) is 11.3 Å². The first kappa shape index (κ1) is 15.2. The summed E-state index contributed by atoms with van der Waals surface area (Å²) in [6, 6.07) is 13.4. The number of nitrogens with zero attached hydrogens (tertiary/aromatic N) is 1. The van der Waals surface area contributed by atoms with Crippen molar-refractivity contribution in [1.82, 2.24) is 10.3 Å². The number of carbonyl (C=O) groups is 1. The van der Waals surface area contributed by atoms with Crippen LogP contribution in [0.2, 0.25) is 0 Å². The van der Waals surface area contributed by atoms with Crippen LogP contribution in [0.5, 0.6) is 0 Å². The Kier molecular flexibility index (Phi) is 5.43. The van der Waals surface area contributed by atoms with Gasteiger partial charge in [-0.3, -0.25) is 9.78 Å². The molecule has 0 aliphatic rings. The largest absolute Gasteiger partial charge is 0.390 e. The maximum absolute atomic E-state index is 11.8. The molecule has 110 valence electrons. The van der Waals surface area contributed by atoms with Gasteiger partial charge in [-0.1, -0.05) is 24.3 Å². The van der Waals surface area contributed by atoms with Gasteiger partial charge in [0.25, 0.3) is 0 Å². The van der Waals surface area contributed by atoms with Gasteiger partial charge in [0.15, 0.2) is 0 Å². The second-order valence-electron chi connectivity index (χ2n) is 4.79. The molecule has 2 aromatic rings. The molecular formula is C16H19N3O2. The molecule has 1 aromatic carbocycles. The number of pyridine rings is 1. The first-order valence-corrected chi connectivity index (χ1v) is 6.84. The Bertz CT molecular complexity index is 587. The average molecular weight is 285 g/mol. The van der Waals surface area contributed by atoms with Crippen LogP contribution < -0.4 is 11.1 Å². The van der Waals surface area contributed by atoms with Crippen LogP contribution in [0.15, 0.2) is 48.7 Å². The Labute approximate surface area is 123 Å². The number of hydrogen-bond donors (Lipinski definition) is 3. The number of amides is 1. The van der Waals surface area contributed by atoms with E-state index < -0.39 is 6.10 Å². The minimum Gasteiger partial charge on any atom is -0.390 e. The lowest BCUT2D eigenvalue weighted by Crippen LogP contribution is -2.36. The van der Waals surface area contributed by atoms with Crippen LogP contribution in [-0.2, 0) is 11.2 Å². The highest BCUT2D eigenvalue weighted by Crippen LogP contribution is 2.17. The van der Waals surface area contributed by atoms with E-state index in [1.54, 1.807) is 6.20 Å². The molecule has 1 heterocycles. The fourth-order valence-corrected chi connectivity index (χ4v) is 1.94. The van der Waals surface area contributed by atoms with Gasteiger partial charge in [-0.2, -0.15) is 0 Å². The van der Waals surface area contributed by atoms with E-state index >= 15 is 0 Å². The van der Waals surface area contributed by atoms with E-state index in [1.807, 2.05) is 42.5 Å². The fourth-order valence-electron chi connectivity index (χ4n) is 1.94. The molecular weight excluding hydrogens is 266 g/mol. The van der Waals surface area contributed by atoms with Crippen LogP contribution in [-0.4, -0.2) is 35.2 Å². The van der Waals surface area contributed by atoms with E-state index in [0.717, 1.165) is 16.8 Å². The number of carbonyl (C=O) groups excluding carboxylic acids is 1. The molecule has 0 fully saturated rings. The van der Waals surface area contributed by atoms with Crippen LogP contribution >= 0.6 is 0 Å². The first-order chi connectivity index (χ1) is 10.2. The lowest BCUT2D eigenvalue weighted by molar-refractivity contribution is -0.120. The molecule has 4 N–H and O–H groups in total. The number of aromatic nitrogens is 1. The normalized spacial score (nSPS) is 11.9. The summed E-state index contributed by atoms with van der Waals surface area (Å²) in [7, 11) is 0. The molecule has 2 rings (SSSR count). The third-order valence-electron chi connectivity index (χ3n) is 3.06. The lowest BCUT2D eigenvalue weighted by atomic mass is 10.1. The van der Waals surface area contributed by atoms with Gasteiger partial charge in [0, 0.05) is 24.8 Å². The number of aliphatic hydroxyl groups excluding tert-OH is 1. The van der Waals surface area contributed by atoms with Gasteiger partial charge < -0.3 is 16.2 Å². The predicted octanol–water partition coefficient (Wildman–Crippen LogP) is 0.727. The summed E-state index contributed by atoms with van der Waals surface area (Å²) in [5.41, 5.74) is 8.04. The van der Waals surface area contributed by atoms with Gasteiger partial charge in [0.05, 0.1) is 18.2 Å². The summed E-state index contributed by atoms with van der Waals surface area (Å²) in [5.74, 6) is -0.138. The Morgan fingerprint density at radius 2 is 2.14 bits per heavy atom. The van der Waals surface area contributed by atoms with Crippen molar-refractivity contribution in [2.24, 2.45) is 5.73 Å². The highest BCUT2D eigenvalue weighted by molar-refractivity contribution is 5.79. The van der Waals surface area contributed by atoms with E-state index in [4.69, 9.17) is 5.73 Å². The minimum atomic E-state index is -0.700. The van der Waals surface area contributed by atoms with Crippen molar-refractivity contribution in [2.75, 3.05) is 13.1 Å². The second-order valence-corrected chi connectivity index (χ2v) is 4.79. The SMILES string of the molecule is NCC(O)CNC(=O)Cc1cccc(-c2ccccn2)c1. The number of rotatable bonds is 6. The number of nitrogens with one attached hydrogen (secondary N) is 1. The van der Waals surface area contributed by atoms with E-state index in [9.17, 15) is 9.90 Å². The molecule has 0 aliphatic carbocycles. The number of hydrogen-bond acceptors (Lipinski definition) is 4. The zero-order chi connectivity index (χ0) is 15.1. The van der Waals surface area contributed by atoms with Gasteiger partial charge in [0.1, 0.15) is 0 Å². The van der Waals surface area contributed by atoms with Crippen LogP contribution in [0.4, 0.5) is 0 Å². The smallest absolute Gasteiger partial charge is 0.224 e. The Morgan fingerprint density at radius 1 is 1.29 bits per heavy atom. The Hall–Kier alpha value is -2.24. The quantitative estimate of drug-likeness (QED) is 0.730. The number of nitrogens with two attached hydrogens (primary N) is 1. The van der Waals surface area contributed by atoms with E-state index in [2.05, 4.69) is 10.3 Å². The molecule has 0 spiro atoms. The van der Waals surface area contributed by atoms with Crippen LogP contribution in [0, 0.1) is 0 Å². The second kappa shape index (κ2) is 7.52. The monoisotopic (exact) mass is 285 g/mol. The summed E-state index contributed by atoms with van der Waals surface area (Å²) in [4.78, 5) is 16.1. The Balaban J connectivity index is 2.00. The highest BCUT2D eigenvalue weighted by atomic mass is 16.3. The molecule has 5 heteroatoms. The molecule has 0 bridgehead atoms. The van der Waals surface area contributed by atoms with Gasteiger partial charge in [-0.15, -0.1) is 0 Å². The molecule has 1 aromatic heterocycles. The summed E-state index contributed by atoms with van der Waals surface area (Å²) in [5, 5.41) is 12.0. The molecule has 0 saturated heterocycles. The van der Waals surface area contributed by atoms with Gasteiger partial charge in [-0.25, -0.2) is 0 Å². The van der Waals surface area contributed by atoms with Crippen molar-refractivity contribution in [2.45, 2.75) is 12.5 Å². The van der Waals surface area contributed by atoms with E-state index in [-0.39, 0.29) is 25.4 Å². The zero-order valence-corrected chi connectivity index (χ0v) is 11.7. The summed E-state index contributed by atoms with van der Waals surface area (Å²) in [6.07, 6.45) is 1.30. The van der Waals surface area contributed by atoms with Gasteiger partial charge >= 0.3 is 0 Å². The predicted molar refractivity (Wildman–Crippen MR) is 81.4 cm³/mol. The maximum atomic E-state index is 11.8. The van der Waals surface area contributed by atoms with E-state index in [1.165, 1.54) is 0 Å². The standard InChI is InChI=1S/C16H19N3O2/c17-10-14(20)11-19-16(21)9-12-4-3-5-13(8-12)15-6-1-2-7-18-15/h1-8,14,20H,9-11,17H2,(H,19,21).